The summed E-state index contributed by atoms with van der Waals surface area (Å²) in [6.07, 6.45) is 0. The number of hydrogen-bond acceptors (Lipinski definition) is 1. The Morgan fingerprint density at radius 3 is 2.50 bits per heavy atom. The monoisotopic (exact) mass is 237 g/mol. The van der Waals surface area contributed by atoms with Crippen LogP contribution in [0.25, 0.3) is 10.9 Å². The maximum absolute atomic E-state index is 13.1. The van der Waals surface area contributed by atoms with E-state index >= 15 is 0 Å². The van der Waals surface area contributed by atoms with Gasteiger partial charge in [0, 0.05) is 5.39 Å². The Hall–Kier alpha value is -1.15. The predicted octanol–water partition coefficient (Wildman–Crippen LogP) is 4.32. The zero-order valence-corrected chi connectivity index (χ0v) is 10.3. The molecule has 0 aliphatic heterocycles. The summed E-state index contributed by atoms with van der Waals surface area (Å²) in [6, 6.07) is 6.42. The fraction of sp³-hybridized carbons (Fsp3) is 0.308. The summed E-state index contributed by atoms with van der Waals surface area (Å²) >= 11 is 6.12. The summed E-state index contributed by atoms with van der Waals surface area (Å²) in [5.41, 5.74) is 1.57. The molecule has 84 valence electrons. The van der Waals surface area contributed by atoms with Crippen LogP contribution in [0.1, 0.15) is 26.3 Å². The second-order valence-electron chi connectivity index (χ2n) is 4.91. The molecule has 0 radical (unpaired) electrons. The van der Waals surface area contributed by atoms with Gasteiger partial charge in [-0.15, -0.1) is 0 Å². The van der Waals surface area contributed by atoms with Gasteiger partial charge in [0.05, 0.1) is 5.52 Å². The van der Waals surface area contributed by atoms with Gasteiger partial charge in [-0.1, -0.05) is 32.4 Å². The first kappa shape index (κ1) is 11.3. The number of fused-ring (bicyclic) bond motifs is 1. The van der Waals surface area contributed by atoms with E-state index in [1.54, 1.807) is 6.07 Å². The van der Waals surface area contributed by atoms with Gasteiger partial charge in [-0.25, -0.2) is 9.37 Å². The molecule has 2 rings (SSSR count). The van der Waals surface area contributed by atoms with E-state index < -0.39 is 0 Å². The first-order valence-corrected chi connectivity index (χ1v) is 5.52. The van der Waals surface area contributed by atoms with Crippen LogP contribution >= 0.6 is 11.6 Å². The van der Waals surface area contributed by atoms with Crippen molar-refractivity contribution in [3.05, 3.63) is 40.8 Å². The van der Waals surface area contributed by atoms with Gasteiger partial charge in [-0.3, -0.25) is 0 Å². The highest BCUT2D eigenvalue weighted by Gasteiger charge is 2.19. The molecule has 0 fully saturated rings. The van der Waals surface area contributed by atoms with Crippen LogP contribution in [0, 0.1) is 5.82 Å². The van der Waals surface area contributed by atoms with E-state index in [0.29, 0.717) is 5.15 Å². The third kappa shape index (κ3) is 2.03. The van der Waals surface area contributed by atoms with E-state index in [4.69, 9.17) is 11.6 Å². The predicted molar refractivity (Wildman–Crippen MR) is 65.4 cm³/mol. The van der Waals surface area contributed by atoms with E-state index in [-0.39, 0.29) is 11.2 Å². The molecule has 0 amide bonds. The van der Waals surface area contributed by atoms with Gasteiger partial charge >= 0.3 is 0 Å². The molecule has 1 aromatic heterocycles. The second kappa shape index (κ2) is 3.70. The minimum absolute atomic E-state index is 0.0927. The largest absolute Gasteiger partial charge is 0.236 e. The highest BCUT2D eigenvalue weighted by Crippen LogP contribution is 2.30. The lowest BCUT2D eigenvalue weighted by Crippen LogP contribution is -2.12. The molecule has 1 nitrogen and oxygen atoms in total. The van der Waals surface area contributed by atoms with E-state index in [0.717, 1.165) is 16.5 Å². The Balaban J connectivity index is 2.74. The van der Waals surface area contributed by atoms with Crippen LogP contribution in [0.5, 0.6) is 0 Å². The molecular weight excluding hydrogens is 225 g/mol. The number of nitrogens with zero attached hydrogens (tertiary/aromatic N) is 1. The van der Waals surface area contributed by atoms with Crippen molar-refractivity contribution in [2.24, 2.45) is 0 Å². The van der Waals surface area contributed by atoms with Gasteiger partial charge in [-0.05, 0) is 35.2 Å². The van der Waals surface area contributed by atoms with Crippen molar-refractivity contribution >= 4 is 22.5 Å². The van der Waals surface area contributed by atoms with Gasteiger partial charge < -0.3 is 0 Å². The third-order valence-electron chi connectivity index (χ3n) is 2.54. The SMILES string of the molecule is CC(C)(C)c1cc2cc(F)ccc2nc1Cl. The molecule has 1 heterocycles. The Morgan fingerprint density at radius 2 is 1.88 bits per heavy atom. The van der Waals surface area contributed by atoms with Crippen LogP contribution in [0.4, 0.5) is 4.39 Å². The molecular formula is C13H13ClFN. The van der Waals surface area contributed by atoms with Crippen molar-refractivity contribution in [3.8, 4) is 0 Å². The Kier molecular flexibility index (Phi) is 2.62. The maximum Gasteiger partial charge on any atom is 0.133 e. The molecule has 0 spiro atoms. The van der Waals surface area contributed by atoms with E-state index in [9.17, 15) is 4.39 Å². The van der Waals surface area contributed by atoms with Crippen molar-refractivity contribution in [2.45, 2.75) is 26.2 Å². The number of pyridine rings is 1. The second-order valence-corrected chi connectivity index (χ2v) is 5.27. The number of rotatable bonds is 0. The number of halogens is 2. The summed E-state index contributed by atoms with van der Waals surface area (Å²) in [4.78, 5) is 4.28. The maximum atomic E-state index is 13.1. The van der Waals surface area contributed by atoms with E-state index in [1.165, 1.54) is 12.1 Å². The fourth-order valence-corrected chi connectivity index (χ4v) is 2.08. The smallest absolute Gasteiger partial charge is 0.133 e. The summed E-state index contributed by atoms with van der Waals surface area (Å²) < 4.78 is 13.1. The number of hydrogen-bond donors (Lipinski definition) is 0. The summed E-state index contributed by atoms with van der Waals surface area (Å²) in [5.74, 6) is -0.253. The molecule has 0 atom stereocenters. The van der Waals surface area contributed by atoms with E-state index in [2.05, 4.69) is 25.8 Å². The molecule has 0 bridgehead atoms. The lowest BCUT2D eigenvalue weighted by Gasteiger charge is -2.20. The Morgan fingerprint density at radius 1 is 1.19 bits per heavy atom. The van der Waals surface area contributed by atoms with Crippen LogP contribution in [-0.4, -0.2) is 4.98 Å². The van der Waals surface area contributed by atoms with Gasteiger partial charge in [0.1, 0.15) is 11.0 Å². The number of benzene rings is 1. The normalized spacial score (nSPS) is 12.1. The number of aromatic nitrogens is 1. The lowest BCUT2D eigenvalue weighted by atomic mass is 9.87. The first-order chi connectivity index (χ1) is 7.38. The molecule has 0 N–H and O–H groups in total. The lowest BCUT2D eigenvalue weighted by molar-refractivity contribution is 0.588. The molecule has 0 saturated heterocycles. The minimum Gasteiger partial charge on any atom is -0.236 e. The standard InChI is InChI=1S/C13H13ClFN/c1-13(2,3)10-7-8-6-9(15)4-5-11(8)16-12(10)14/h4-7H,1-3H3. The average Bonchev–Trinajstić information content (AvgIpc) is 2.16. The highest BCUT2D eigenvalue weighted by atomic mass is 35.5. The van der Waals surface area contributed by atoms with Gasteiger partial charge in [-0.2, -0.15) is 0 Å². The molecule has 3 heteroatoms. The first-order valence-electron chi connectivity index (χ1n) is 5.14. The van der Waals surface area contributed by atoms with Crippen molar-refractivity contribution in [1.29, 1.82) is 0 Å². The van der Waals surface area contributed by atoms with E-state index in [1.807, 2.05) is 6.07 Å². The van der Waals surface area contributed by atoms with Crippen molar-refractivity contribution in [1.82, 2.24) is 4.98 Å². The topological polar surface area (TPSA) is 12.9 Å². The zero-order valence-electron chi connectivity index (χ0n) is 9.51. The highest BCUT2D eigenvalue weighted by molar-refractivity contribution is 6.30. The van der Waals surface area contributed by atoms with Gasteiger partial charge in [0.25, 0.3) is 0 Å². The molecule has 0 saturated carbocycles. The van der Waals surface area contributed by atoms with Gasteiger partial charge in [0.15, 0.2) is 0 Å². The van der Waals surface area contributed by atoms with Crippen LogP contribution in [0.2, 0.25) is 5.15 Å². The van der Waals surface area contributed by atoms with Crippen LogP contribution in [-0.2, 0) is 5.41 Å². The van der Waals surface area contributed by atoms with Crippen LogP contribution in [0.15, 0.2) is 24.3 Å². The van der Waals surface area contributed by atoms with Crippen molar-refractivity contribution in [2.75, 3.05) is 0 Å². The molecule has 16 heavy (non-hydrogen) atoms. The van der Waals surface area contributed by atoms with Gasteiger partial charge in [0.2, 0.25) is 0 Å². The molecule has 0 aliphatic rings. The third-order valence-corrected chi connectivity index (χ3v) is 2.83. The summed E-state index contributed by atoms with van der Waals surface area (Å²) in [6.45, 7) is 6.17. The molecule has 0 unspecified atom stereocenters. The zero-order chi connectivity index (χ0) is 11.9. The van der Waals surface area contributed by atoms with Crippen LogP contribution < -0.4 is 0 Å². The van der Waals surface area contributed by atoms with Crippen LogP contribution in [0.3, 0.4) is 0 Å². The minimum atomic E-state index is -0.253. The summed E-state index contributed by atoms with van der Waals surface area (Å²) in [5, 5.41) is 1.28. The Labute approximate surface area is 99.3 Å². The molecule has 0 aliphatic carbocycles. The summed E-state index contributed by atoms with van der Waals surface area (Å²) in [7, 11) is 0. The molecule has 2 aromatic rings. The van der Waals surface area contributed by atoms with Crippen molar-refractivity contribution < 1.29 is 4.39 Å². The van der Waals surface area contributed by atoms with Crippen molar-refractivity contribution in [3.63, 3.8) is 0 Å². The molecule has 1 aromatic carbocycles. The average molecular weight is 238 g/mol. The fourth-order valence-electron chi connectivity index (χ4n) is 1.65. The Bertz CT molecular complexity index is 543. The quantitative estimate of drug-likeness (QED) is 0.622.